The average molecular weight is 293 g/mol. The van der Waals surface area contributed by atoms with Crippen molar-refractivity contribution < 1.29 is 19.4 Å². The Labute approximate surface area is 125 Å². The zero-order valence-electron chi connectivity index (χ0n) is 12.8. The first kappa shape index (κ1) is 15.8. The third-order valence-corrected chi connectivity index (χ3v) is 4.14. The summed E-state index contributed by atoms with van der Waals surface area (Å²) in [6, 6.07) is 7.71. The molecular formula is C16H23NO4. The van der Waals surface area contributed by atoms with Crippen LogP contribution in [0.25, 0.3) is 0 Å². The van der Waals surface area contributed by atoms with Gasteiger partial charge in [-0.2, -0.15) is 0 Å². The molecule has 3 unspecified atom stereocenters. The number of ether oxygens (including phenoxy) is 2. The van der Waals surface area contributed by atoms with Crippen LogP contribution in [-0.4, -0.2) is 49.4 Å². The summed E-state index contributed by atoms with van der Waals surface area (Å²) in [4.78, 5) is 14.0. The van der Waals surface area contributed by atoms with Crippen molar-refractivity contribution in [2.24, 2.45) is 5.92 Å². The van der Waals surface area contributed by atoms with Gasteiger partial charge in [0.05, 0.1) is 25.9 Å². The molecule has 21 heavy (non-hydrogen) atoms. The quantitative estimate of drug-likeness (QED) is 0.866. The van der Waals surface area contributed by atoms with Crippen molar-refractivity contribution in [2.45, 2.75) is 25.5 Å². The maximum atomic E-state index is 12.2. The van der Waals surface area contributed by atoms with Crippen LogP contribution in [0.3, 0.4) is 0 Å². The van der Waals surface area contributed by atoms with Crippen LogP contribution in [0.15, 0.2) is 24.3 Å². The Kier molecular flexibility index (Phi) is 5.20. The monoisotopic (exact) mass is 293 g/mol. The third kappa shape index (κ3) is 3.54. The molecular weight excluding hydrogens is 270 g/mol. The molecule has 2 rings (SSSR count). The highest BCUT2D eigenvalue weighted by molar-refractivity contribution is 5.79. The zero-order chi connectivity index (χ0) is 15.4. The van der Waals surface area contributed by atoms with Crippen molar-refractivity contribution in [1.82, 2.24) is 4.90 Å². The molecule has 3 atom stereocenters. The molecule has 1 N–H and O–H groups in total. The van der Waals surface area contributed by atoms with Crippen molar-refractivity contribution in [1.29, 1.82) is 0 Å². The molecule has 0 aliphatic carbocycles. The van der Waals surface area contributed by atoms with E-state index in [1.54, 1.807) is 14.2 Å². The lowest BCUT2D eigenvalue weighted by molar-refractivity contribution is -0.129. The van der Waals surface area contributed by atoms with Crippen molar-refractivity contribution in [2.75, 3.05) is 27.4 Å². The molecule has 0 spiro atoms. The van der Waals surface area contributed by atoms with Crippen LogP contribution in [0.4, 0.5) is 0 Å². The predicted octanol–water partition coefficient (Wildman–Crippen LogP) is 1.61. The molecule has 1 aliphatic heterocycles. The summed E-state index contributed by atoms with van der Waals surface area (Å²) in [5.41, 5.74) is 1.06. The minimum absolute atomic E-state index is 0.0110. The lowest BCUT2D eigenvalue weighted by atomic mass is 10.0. The van der Waals surface area contributed by atoms with Gasteiger partial charge >= 0.3 is 0 Å². The number of hydrogen-bond acceptors (Lipinski definition) is 4. The number of likely N-dealkylation sites (tertiary alicyclic amines) is 1. The van der Waals surface area contributed by atoms with Crippen LogP contribution in [0.2, 0.25) is 0 Å². The number of amides is 1. The van der Waals surface area contributed by atoms with Crippen molar-refractivity contribution >= 4 is 5.91 Å². The van der Waals surface area contributed by atoms with E-state index >= 15 is 0 Å². The van der Waals surface area contributed by atoms with Gasteiger partial charge in [0.1, 0.15) is 5.75 Å². The van der Waals surface area contributed by atoms with Crippen molar-refractivity contribution in [3.05, 3.63) is 29.8 Å². The summed E-state index contributed by atoms with van der Waals surface area (Å²) in [7, 11) is 3.18. The number of aliphatic hydroxyl groups excluding tert-OH is 1. The molecule has 1 fully saturated rings. The van der Waals surface area contributed by atoms with Crippen LogP contribution in [-0.2, 0) is 9.53 Å². The molecule has 5 heteroatoms. The van der Waals surface area contributed by atoms with E-state index in [-0.39, 0.29) is 24.5 Å². The molecule has 1 saturated heterocycles. The first-order valence-electron chi connectivity index (χ1n) is 7.17. The summed E-state index contributed by atoms with van der Waals surface area (Å²) >= 11 is 0. The fraction of sp³-hybridized carbons (Fsp3) is 0.562. The van der Waals surface area contributed by atoms with Gasteiger partial charge in [0, 0.05) is 26.0 Å². The van der Waals surface area contributed by atoms with E-state index in [0.29, 0.717) is 13.0 Å². The molecule has 0 radical (unpaired) electrons. The molecule has 0 saturated carbocycles. The van der Waals surface area contributed by atoms with Crippen LogP contribution in [0.5, 0.6) is 5.75 Å². The summed E-state index contributed by atoms with van der Waals surface area (Å²) < 4.78 is 10.1. The Bertz CT molecular complexity index is 474. The van der Waals surface area contributed by atoms with Gasteiger partial charge in [-0.3, -0.25) is 4.79 Å². The normalized spacial score (nSPS) is 21.4. The number of rotatable bonds is 6. The predicted molar refractivity (Wildman–Crippen MR) is 79.1 cm³/mol. The van der Waals surface area contributed by atoms with Crippen LogP contribution in [0, 0.1) is 5.92 Å². The van der Waals surface area contributed by atoms with E-state index in [1.807, 2.05) is 36.1 Å². The van der Waals surface area contributed by atoms with E-state index in [0.717, 1.165) is 11.3 Å². The second-order valence-electron chi connectivity index (χ2n) is 5.48. The minimum atomic E-state index is -0.591. The molecule has 1 aromatic carbocycles. The first-order valence-corrected chi connectivity index (χ1v) is 7.17. The molecule has 116 valence electrons. The van der Waals surface area contributed by atoms with Crippen LogP contribution in [0.1, 0.15) is 24.9 Å². The van der Waals surface area contributed by atoms with E-state index in [4.69, 9.17) is 9.47 Å². The second-order valence-corrected chi connectivity index (χ2v) is 5.48. The Morgan fingerprint density at radius 1 is 1.33 bits per heavy atom. The van der Waals surface area contributed by atoms with Gasteiger partial charge in [-0.25, -0.2) is 0 Å². The minimum Gasteiger partial charge on any atom is -0.497 e. The van der Waals surface area contributed by atoms with Gasteiger partial charge in [0.25, 0.3) is 0 Å². The topological polar surface area (TPSA) is 59.0 Å². The highest BCUT2D eigenvalue weighted by Crippen LogP contribution is 2.30. The van der Waals surface area contributed by atoms with Crippen molar-refractivity contribution in [3.63, 3.8) is 0 Å². The fourth-order valence-electron chi connectivity index (χ4n) is 2.76. The third-order valence-electron chi connectivity index (χ3n) is 4.14. The number of benzene rings is 1. The van der Waals surface area contributed by atoms with Crippen molar-refractivity contribution in [3.8, 4) is 5.75 Å². The maximum Gasteiger partial charge on any atom is 0.223 e. The summed E-state index contributed by atoms with van der Waals surface area (Å²) in [6.07, 6.45) is -0.211. The molecule has 1 heterocycles. The fourth-order valence-corrected chi connectivity index (χ4v) is 2.76. The summed E-state index contributed by atoms with van der Waals surface area (Å²) in [5.74, 6) is 0.823. The number of aliphatic hydroxyl groups is 1. The zero-order valence-corrected chi connectivity index (χ0v) is 12.8. The molecule has 0 bridgehead atoms. The van der Waals surface area contributed by atoms with E-state index < -0.39 is 6.10 Å². The molecule has 0 aromatic heterocycles. The molecule has 5 nitrogen and oxygen atoms in total. The highest BCUT2D eigenvalue weighted by Gasteiger charge is 2.36. The van der Waals surface area contributed by atoms with Gasteiger partial charge in [-0.1, -0.05) is 12.1 Å². The molecule has 1 aromatic rings. The van der Waals surface area contributed by atoms with Crippen LogP contribution < -0.4 is 4.74 Å². The van der Waals surface area contributed by atoms with Gasteiger partial charge in [-0.05, 0) is 24.6 Å². The molecule has 1 aliphatic rings. The first-order chi connectivity index (χ1) is 10.1. The number of carbonyl (C=O) groups excluding carboxylic acids is 1. The van der Waals surface area contributed by atoms with Gasteiger partial charge in [-0.15, -0.1) is 0 Å². The van der Waals surface area contributed by atoms with Gasteiger partial charge < -0.3 is 19.5 Å². The smallest absolute Gasteiger partial charge is 0.223 e. The lowest BCUT2D eigenvalue weighted by Crippen LogP contribution is -2.31. The lowest BCUT2D eigenvalue weighted by Gasteiger charge is -2.26. The molecule has 1 amide bonds. The Morgan fingerprint density at radius 2 is 2.00 bits per heavy atom. The maximum absolute atomic E-state index is 12.2. The number of carbonyl (C=O) groups is 1. The number of nitrogens with zero attached hydrogens (tertiary/aromatic N) is 1. The SMILES string of the molecule is COCC(O)C1CC(=O)N(C(C)c2ccc(OC)cc2)C1. The average Bonchev–Trinajstić information content (AvgIpc) is 2.89. The number of methoxy groups -OCH3 is 2. The Hall–Kier alpha value is -1.59. The van der Waals surface area contributed by atoms with Gasteiger partial charge in [0.15, 0.2) is 0 Å². The van der Waals surface area contributed by atoms with Gasteiger partial charge in [0.2, 0.25) is 5.91 Å². The summed E-state index contributed by atoms with van der Waals surface area (Å²) in [6.45, 7) is 2.84. The van der Waals surface area contributed by atoms with Crippen LogP contribution >= 0.6 is 0 Å². The summed E-state index contributed by atoms with van der Waals surface area (Å²) in [5, 5.41) is 9.98. The Morgan fingerprint density at radius 3 is 2.57 bits per heavy atom. The Balaban J connectivity index is 2.04. The highest BCUT2D eigenvalue weighted by atomic mass is 16.5. The number of hydrogen-bond donors (Lipinski definition) is 1. The van der Waals surface area contributed by atoms with E-state index in [9.17, 15) is 9.90 Å². The largest absolute Gasteiger partial charge is 0.497 e. The van der Waals surface area contributed by atoms with E-state index in [2.05, 4.69) is 0 Å². The van der Waals surface area contributed by atoms with E-state index in [1.165, 1.54) is 0 Å². The standard InChI is InChI=1S/C16H23NO4/c1-11(12-4-6-14(21-3)7-5-12)17-9-13(8-16(17)19)15(18)10-20-2/h4-7,11,13,15,18H,8-10H2,1-3H3. The second kappa shape index (κ2) is 6.91.